The number of aliphatic hydroxyl groups excluding tert-OH is 2. The van der Waals surface area contributed by atoms with Gasteiger partial charge in [0.2, 0.25) is 0 Å². The van der Waals surface area contributed by atoms with E-state index in [9.17, 15) is 28.2 Å². The fourth-order valence-electron chi connectivity index (χ4n) is 1.61. The Balaban J connectivity index is 3.17. The minimum Gasteiger partial charge on any atom is -0.464 e. The van der Waals surface area contributed by atoms with Gasteiger partial charge < -0.3 is 20.7 Å². The summed E-state index contributed by atoms with van der Waals surface area (Å²) in [6.45, 7) is 1.38. The van der Waals surface area contributed by atoms with Crippen molar-refractivity contribution in [3.05, 3.63) is 29.3 Å². The summed E-state index contributed by atoms with van der Waals surface area (Å²) in [6, 6.07) is 2.54. The summed E-state index contributed by atoms with van der Waals surface area (Å²) >= 11 is 0. The fourth-order valence-corrected chi connectivity index (χ4v) is 1.61. The first-order chi connectivity index (χ1) is 9.18. The number of benzene rings is 1. The molecule has 1 rings (SSSR count). The second kappa shape index (κ2) is 6.10. The van der Waals surface area contributed by atoms with Crippen molar-refractivity contribution in [1.82, 2.24) is 0 Å². The van der Waals surface area contributed by atoms with Crippen LogP contribution in [0.15, 0.2) is 18.2 Å². The van der Waals surface area contributed by atoms with Crippen LogP contribution in [0.3, 0.4) is 0 Å². The lowest BCUT2D eigenvalue weighted by molar-refractivity contribution is -0.161. The van der Waals surface area contributed by atoms with E-state index in [4.69, 9.17) is 5.73 Å². The predicted octanol–water partition coefficient (Wildman–Crippen LogP) is 1.24. The van der Waals surface area contributed by atoms with Gasteiger partial charge in [-0.05, 0) is 30.7 Å². The average molecular weight is 293 g/mol. The van der Waals surface area contributed by atoms with E-state index in [0.717, 1.165) is 12.1 Å². The van der Waals surface area contributed by atoms with Crippen LogP contribution in [-0.4, -0.2) is 28.9 Å². The predicted molar refractivity (Wildman–Crippen MR) is 63.5 cm³/mol. The van der Waals surface area contributed by atoms with Crippen molar-refractivity contribution in [2.75, 3.05) is 12.3 Å². The molecule has 0 aliphatic heterocycles. The number of alkyl halides is 3. The Morgan fingerprint density at radius 2 is 2.00 bits per heavy atom. The molecular weight excluding hydrogens is 279 g/mol. The van der Waals surface area contributed by atoms with Gasteiger partial charge in [-0.15, -0.1) is 0 Å². The van der Waals surface area contributed by atoms with Crippen LogP contribution in [0.5, 0.6) is 0 Å². The van der Waals surface area contributed by atoms with Crippen molar-refractivity contribution in [2.45, 2.75) is 25.3 Å². The van der Waals surface area contributed by atoms with E-state index in [1.54, 1.807) is 0 Å². The molecule has 0 aromatic heterocycles. The first kappa shape index (κ1) is 16.3. The number of nitrogens with two attached hydrogens (primary N) is 1. The molecule has 0 aliphatic carbocycles. The molecule has 2 atom stereocenters. The van der Waals surface area contributed by atoms with Crippen LogP contribution in [-0.2, 0) is 15.7 Å². The van der Waals surface area contributed by atoms with Gasteiger partial charge in [0.05, 0.1) is 12.2 Å². The third-order valence-electron chi connectivity index (χ3n) is 2.53. The SMILES string of the molecule is CCOC(=O)C(O)C(O)c1cc(N)ccc1C(F)(F)F. The maximum absolute atomic E-state index is 12.8. The molecule has 0 bridgehead atoms. The Kier molecular flexibility index (Phi) is 4.96. The number of anilines is 1. The van der Waals surface area contributed by atoms with Gasteiger partial charge in [-0.3, -0.25) is 0 Å². The second-order valence-corrected chi connectivity index (χ2v) is 3.99. The normalized spacial score (nSPS) is 14.7. The number of aliphatic hydroxyl groups is 2. The molecule has 0 spiro atoms. The van der Waals surface area contributed by atoms with E-state index in [0.29, 0.717) is 6.07 Å². The van der Waals surface area contributed by atoms with E-state index in [1.165, 1.54) is 6.92 Å². The largest absolute Gasteiger partial charge is 0.464 e. The molecule has 20 heavy (non-hydrogen) atoms. The summed E-state index contributed by atoms with van der Waals surface area (Å²) < 4.78 is 42.9. The summed E-state index contributed by atoms with van der Waals surface area (Å²) in [5, 5.41) is 19.3. The molecule has 0 aliphatic rings. The molecule has 4 N–H and O–H groups in total. The molecule has 0 saturated carbocycles. The van der Waals surface area contributed by atoms with Crippen LogP contribution < -0.4 is 5.73 Å². The Morgan fingerprint density at radius 3 is 2.50 bits per heavy atom. The van der Waals surface area contributed by atoms with Gasteiger partial charge in [0, 0.05) is 5.69 Å². The summed E-state index contributed by atoms with van der Waals surface area (Å²) in [7, 11) is 0. The molecule has 0 saturated heterocycles. The van der Waals surface area contributed by atoms with Crippen LogP contribution in [0.1, 0.15) is 24.2 Å². The maximum atomic E-state index is 12.8. The van der Waals surface area contributed by atoms with Gasteiger partial charge in [-0.25, -0.2) is 4.79 Å². The van der Waals surface area contributed by atoms with Crippen LogP contribution in [0.25, 0.3) is 0 Å². The number of rotatable bonds is 4. The molecule has 1 aromatic rings. The number of nitrogen functional groups attached to an aromatic ring is 1. The van der Waals surface area contributed by atoms with Gasteiger partial charge in [0.25, 0.3) is 0 Å². The zero-order chi connectivity index (χ0) is 15.5. The van der Waals surface area contributed by atoms with Crippen LogP contribution in [0, 0.1) is 0 Å². The van der Waals surface area contributed by atoms with Crippen molar-refractivity contribution in [3.8, 4) is 0 Å². The Morgan fingerprint density at radius 1 is 1.40 bits per heavy atom. The van der Waals surface area contributed by atoms with E-state index >= 15 is 0 Å². The van der Waals surface area contributed by atoms with Gasteiger partial charge in [-0.2, -0.15) is 13.2 Å². The lowest BCUT2D eigenvalue weighted by atomic mass is 9.97. The number of halogens is 3. The Labute approximate surface area is 112 Å². The molecule has 0 amide bonds. The highest BCUT2D eigenvalue weighted by atomic mass is 19.4. The van der Waals surface area contributed by atoms with E-state index in [1.807, 2.05) is 0 Å². The first-order valence-electron chi connectivity index (χ1n) is 5.67. The number of hydrogen-bond acceptors (Lipinski definition) is 5. The van der Waals surface area contributed by atoms with Crippen molar-refractivity contribution in [3.63, 3.8) is 0 Å². The average Bonchev–Trinajstić information content (AvgIpc) is 2.35. The maximum Gasteiger partial charge on any atom is 0.416 e. The third kappa shape index (κ3) is 3.61. The summed E-state index contributed by atoms with van der Waals surface area (Å²) in [5.41, 5.74) is 3.47. The van der Waals surface area contributed by atoms with E-state index < -0.39 is 35.5 Å². The zero-order valence-electron chi connectivity index (χ0n) is 10.5. The van der Waals surface area contributed by atoms with Crippen LogP contribution in [0.4, 0.5) is 18.9 Å². The first-order valence-corrected chi connectivity index (χ1v) is 5.67. The summed E-state index contributed by atoms with van der Waals surface area (Å²) in [5.74, 6) is -1.21. The monoisotopic (exact) mass is 293 g/mol. The number of carbonyl (C=O) groups excluding carboxylic acids is 1. The lowest BCUT2D eigenvalue weighted by Gasteiger charge is -2.21. The number of ether oxygens (including phenoxy) is 1. The molecule has 1 aromatic carbocycles. The molecule has 8 heteroatoms. The molecule has 0 radical (unpaired) electrons. The summed E-state index contributed by atoms with van der Waals surface area (Å²) in [6.07, 6.45) is -8.97. The highest BCUT2D eigenvalue weighted by molar-refractivity contribution is 5.75. The van der Waals surface area contributed by atoms with E-state index in [-0.39, 0.29) is 12.3 Å². The van der Waals surface area contributed by atoms with Gasteiger partial charge >= 0.3 is 12.1 Å². The van der Waals surface area contributed by atoms with Crippen molar-refractivity contribution >= 4 is 11.7 Å². The highest BCUT2D eigenvalue weighted by Crippen LogP contribution is 2.36. The zero-order valence-corrected chi connectivity index (χ0v) is 10.5. The highest BCUT2D eigenvalue weighted by Gasteiger charge is 2.38. The number of hydrogen-bond donors (Lipinski definition) is 3. The third-order valence-corrected chi connectivity index (χ3v) is 2.53. The van der Waals surface area contributed by atoms with Crippen molar-refractivity contribution in [2.24, 2.45) is 0 Å². The smallest absolute Gasteiger partial charge is 0.416 e. The van der Waals surface area contributed by atoms with Crippen molar-refractivity contribution in [1.29, 1.82) is 0 Å². The number of esters is 1. The van der Waals surface area contributed by atoms with Crippen molar-refractivity contribution < 1.29 is 32.9 Å². The minimum absolute atomic E-state index is 0.0388. The molecular formula is C12H14F3NO4. The minimum atomic E-state index is -4.75. The lowest BCUT2D eigenvalue weighted by Crippen LogP contribution is -2.31. The number of carbonyl (C=O) groups is 1. The molecule has 5 nitrogen and oxygen atoms in total. The molecule has 0 heterocycles. The summed E-state index contributed by atoms with van der Waals surface area (Å²) in [4.78, 5) is 11.3. The van der Waals surface area contributed by atoms with E-state index in [2.05, 4.69) is 4.74 Å². The fraction of sp³-hybridized carbons (Fsp3) is 0.417. The van der Waals surface area contributed by atoms with Crippen LogP contribution >= 0.6 is 0 Å². The van der Waals surface area contributed by atoms with Gasteiger partial charge in [0.1, 0.15) is 6.10 Å². The van der Waals surface area contributed by atoms with Gasteiger partial charge in [-0.1, -0.05) is 0 Å². The van der Waals surface area contributed by atoms with Gasteiger partial charge in [0.15, 0.2) is 6.10 Å². The van der Waals surface area contributed by atoms with Crippen LogP contribution in [0.2, 0.25) is 0 Å². The second-order valence-electron chi connectivity index (χ2n) is 3.99. The quantitative estimate of drug-likeness (QED) is 0.574. The Hall–Kier alpha value is -1.80. The Bertz CT molecular complexity index is 490. The molecule has 2 unspecified atom stereocenters. The topological polar surface area (TPSA) is 92.8 Å². The standard InChI is InChI=1S/C12H14F3NO4/c1-2-20-11(19)10(18)9(17)7-5-6(16)3-4-8(7)12(13,14)15/h3-5,9-10,17-18H,2,16H2,1H3. The molecule has 0 fully saturated rings. The molecule has 112 valence electrons.